The first-order valence-electron chi connectivity index (χ1n) is 5.25. The molecule has 1 N–H and O–H groups in total. The molecule has 0 saturated carbocycles. The Hall–Kier alpha value is -1.68. The Labute approximate surface area is 94.5 Å². The molecular formula is C12H15N3O. The zero-order chi connectivity index (χ0) is 11.5. The van der Waals surface area contributed by atoms with Crippen LogP contribution in [-0.2, 0) is 13.5 Å². The predicted octanol–water partition coefficient (Wildman–Crippen LogP) is 1.40. The fourth-order valence-electron chi connectivity index (χ4n) is 1.76. The Morgan fingerprint density at radius 3 is 2.75 bits per heavy atom. The third-order valence-corrected chi connectivity index (χ3v) is 2.60. The number of benzene rings is 1. The van der Waals surface area contributed by atoms with E-state index in [1.807, 2.05) is 44.4 Å². The quantitative estimate of drug-likeness (QED) is 0.845. The molecule has 1 heterocycles. The van der Waals surface area contributed by atoms with Gasteiger partial charge in [-0.1, -0.05) is 29.5 Å². The van der Waals surface area contributed by atoms with Gasteiger partial charge in [-0.15, -0.1) is 5.10 Å². The smallest absolute Gasteiger partial charge is 0.0856 e. The highest BCUT2D eigenvalue weighted by atomic mass is 16.3. The molecular weight excluding hydrogens is 202 g/mol. The summed E-state index contributed by atoms with van der Waals surface area (Å²) in [6.07, 6.45) is 1.80. The maximum atomic E-state index is 10.1. The van der Waals surface area contributed by atoms with Crippen LogP contribution in [0.25, 0.3) is 0 Å². The second kappa shape index (κ2) is 4.45. The van der Waals surface area contributed by atoms with E-state index in [9.17, 15) is 5.11 Å². The van der Waals surface area contributed by atoms with Gasteiger partial charge in [0.25, 0.3) is 0 Å². The van der Waals surface area contributed by atoms with Crippen LogP contribution in [0.1, 0.15) is 22.9 Å². The minimum atomic E-state index is -0.516. The number of aromatic nitrogens is 3. The van der Waals surface area contributed by atoms with E-state index < -0.39 is 6.10 Å². The van der Waals surface area contributed by atoms with E-state index in [0.717, 1.165) is 16.8 Å². The molecule has 0 fully saturated rings. The monoisotopic (exact) mass is 217 g/mol. The molecule has 1 unspecified atom stereocenters. The number of aryl methyl sites for hydroxylation is 2. The Morgan fingerprint density at radius 2 is 2.12 bits per heavy atom. The molecule has 0 amide bonds. The molecule has 0 bridgehead atoms. The third-order valence-electron chi connectivity index (χ3n) is 2.60. The topological polar surface area (TPSA) is 50.9 Å². The van der Waals surface area contributed by atoms with Crippen molar-refractivity contribution in [3.63, 3.8) is 0 Å². The van der Waals surface area contributed by atoms with Crippen molar-refractivity contribution in [2.24, 2.45) is 7.05 Å². The molecule has 1 atom stereocenters. The molecule has 4 heteroatoms. The molecule has 84 valence electrons. The highest BCUT2D eigenvalue weighted by Gasteiger charge is 2.12. The van der Waals surface area contributed by atoms with Gasteiger partial charge in [0, 0.05) is 19.7 Å². The standard InChI is InChI=1S/C12H15N3O/c1-9-5-3-4-6-11(9)12(16)7-10-8-15(2)14-13-10/h3-6,8,12,16H,7H2,1-2H3. The fraction of sp³-hybridized carbons (Fsp3) is 0.333. The lowest BCUT2D eigenvalue weighted by Crippen LogP contribution is -2.04. The molecule has 1 aromatic carbocycles. The molecule has 2 rings (SSSR count). The van der Waals surface area contributed by atoms with E-state index >= 15 is 0 Å². The lowest BCUT2D eigenvalue weighted by Gasteiger charge is -2.11. The van der Waals surface area contributed by atoms with Crippen LogP contribution in [0, 0.1) is 6.92 Å². The van der Waals surface area contributed by atoms with E-state index in [1.165, 1.54) is 0 Å². The normalized spacial score (nSPS) is 12.7. The summed E-state index contributed by atoms with van der Waals surface area (Å²) in [7, 11) is 1.82. The van der Waals surface area contributed by atoms with Crippen molar-refractivity contribution >= 4 is 0 Å². The largest absolute Gasteiger partial charge is 0.388 e. The minimum absolute atomic E-state index is 0.499. The highest BCUT2D eigenvalue weighted by molar-refractivity contribution is 5.28. The van der Waals surface area contributed by atoms with Gasteiger partial charge < -0.3 is 5.11 Å². The number of hydrogen-bond donors (Lipinski definition) is 1. The van der Waals surface area contributed by atoms with Gasteiger partial charge in [-0.2, -0.15) is 0 Å². The van der Waals surface area contributed by atoms with Crippen LogP contribution >= 0.6 is 0 Å². The fourth-order valence-corrected chi connectivity index (χ4v) is 1.76. The van der Waals surface area contributed by atoms with Crippen LogP contribution in [0.5, 0.6) is 0 Å². The number of rotatable bonds is 3. The minimum Gasteiger partial charge on any atom is -0.388 e. The maximum Gasteiger partial charge on any atom is 0.0856 e. The summed E-state index contributed by atoms with van der Waals surface area (Å²) in [5.41, 5.74) is 2.85. The van der Waals surface area contributed by atoms with Gasteiger partial charge in [-0.3, -0.25) is 4.68 Å². The van der Waals surface area contributed by atoms with Crippen molar-refractivity contribution in [2.75, 3.05) is 0 Å². The molecule has 0 spiro atoms. The molecule has 16 heavy (non-hydrogen) atoms. The number of aliphatic hydroxyl groups excluding tert-OH is 1. The molecule has 4 nitrogen and oxygen atoms in total. The number of nitrogens with zero attached hydrogens (tertiary/aromatic N) is 3. The van der Waals surface area contributed by atoms with Crippen molar-refractivity contribution in [3.05, 3.63) is 47.3 Å². The van der Waals surface area contributed by atoms with E-state index in [0.29, 0.717) is 6.42 Å². The van der Waals surface area contributed by atoms with Gasteiger partial charge in [0.1, 0.15) is 0 Å². The predicted molar refractivity (Wildman–Crippen MR) is 60.8 cm³/mol. The average molecular weight is 217 g/mol. The van der Waals surface area contributed by atoms with Crippen LogP contribution in [0.3, 0.4) is 0 Å². The number of aliphatic hydroxyl groups is 1. The summed E-state index contributed by atoms with van der Waals surface area (Å²) in [5.74, 6) is 0. The van der Waals surface area contributed by atoms with Gasteiger partial charge in [0.05, 0.1) is 11.8 Å². The Morgan fingerprint density at radius 1 is 1.38 bits per heavy atom. The van der Waals surface area contributed by atoms with Crippen LogP contribution in [-0.4, -0.2) is 20.1 Å². The molecule has 2 aromatic rings. The van der Waals surface area contributed by atoms with E-state index in [1.54, 1.807) is 4.68 Å². The summed E-state index contributed by atoms with van der Waals surface area (Å²) < 4.78 is 1.64. The SMILES string of the molecule is Cc1ccccc1C(O)Cc1cn(C)nn1. The van der Waals surface area contributed by atoms with Gasteiger partial charge in [-0.05, 0) is 18.1 Å². The summed E-state index contributed by atoms with van der Waals surface area (Å²) >= 11 is 0. The van der Waals surface area contributed by atoms with Crippen molar-refractivity contribution in [1.82, 2.24) is 15.0 Å². The first kappa shape index (κ1) is 10.8. The molecule has 0 aliphatic rings. The van der Waals surface area contributed by atoms with E-state index in [2.05, 4.69) is 10.3 Å². The van der Waals surface area contributed by atoms with Gasteiger partial charge in [-0.25, -0.2) is 0 Å². The average Bonchev–Trinajstić information content (AvgIpc) is 2.64. The van der Waals surface area contributed by atoms with Crippen LogP contribution < -0.4 is 0 Å². The second-order valence-corrected chi connectivity index (χ2v) is 3.96. The summed E-state index contributed by atoms with van der Waals surface area (Å²) in [5, 5.41) is 17.9. The molecule has 0 saturated heterocycles. The second-order valence-electron chi connectivity index (χ2n) is 3.96. The van der Waals surface area contributed by atoms with Crippen molar-refractivity contribution < 1.29 is 5.11 Å². The lowest BCUT2D eigenvalue weighted by atomic mass is 10.0. The molecule has 0 aliphatic carbocycles. The van der Waals surface area contributed by atoms with Crippen LogP contribution in [0.15, 0.2) is 30.5 Å². The van der Waals surface area contributed by atoms with Gasteiger partial charge in [0.2, 0.25) is 0 Å². The Kier molecular flexibility index (Phi) is 3.01. The molecule has 0 radical (unpaired) electrons. The first-order chi connectivity index (χ1) is 7.66. The summed E-state index contributed by atoms with van der Waals surface area (Å²) in [6.45, 7) is 2.00. The van der Waals surface area contributed by atoms with E-state index in [4.69, 9.17) is 0 Å². The van der Waals surface area contributed by atoms with Gasteiger partial charge >= 0.3 is 0 Å². The zero-order valence-corrected chi connectivity index (χ0v) is 9.46. The highest BCUT2D eigenvalue weighted by Crippen LogP contribution is 2.20. The zero-order valence-electron chi connectivity index (χ0n) is 9.46. The van der Waals surface area contributed by atoms with Crippen LogP contribution in [0.4, 0.5) is 0 Å². The van der Waals surface area contributed by atoms with Crippen molar-refractivity contribution in [2.45, 2.75) is 19.4 Å². The van der Waals surface area contributed by atoms with E-state index in [-0.39, 0.29) is 0 Å². The lowest BCUT2D eigenvalue weighted by molar-refractivity contribution is 0.176. The summed E-state index contributed by atoms with van der Waals surface area (Å²) in [6, 6.07) is 7.84. The Balaban J connectivity index is 2.14. The first-order valence-corrected chi connectivity index (χ1v) is 5.25. The maximum absolute atomic E-state index is 10.1. The third kappa shape index (κ3) is 2.28. The van der Waals surface area contributed by atoms with Crippen LogP contribution in [0.2, 0.25) is 0 Å². The van der Waals surface area contributed by atoms with Crippen molar-refractivity contribution in [3.8, 4) is 0 Å². The van der Waals surface area contributed by atoms with Crippen molar-refractivity contribution in [1.29, 1.82) is 0 Å². The Bertz CT molecular complexity index is 479. The van der Waals surface area contributed by atoms with Gasteiger partial charge in [0.15, 0.2) is 0 Å². The summed E-state index contributed by atoms with van der Waals surface area (Å²) in [4.78, 5) is 0. The number of hydrogen-bond acceptors (Lipinski definition) is 3. The molecule has 0 aliphatic heterocycles. The molecule has 1 aromatic heterocycles.